The fourth-order valence-corrected chi connectivity index (χ4v) is 4.57. The Morgan fingerprint density at radius 1 is 1.00 bits per heavy atom. The minimum absolute atomic E-state index is 0.0567. The van der Waals surface area contributed by atoms with Crippen molar-refractivity contribution in [3.05, 3.63) is 47.7 Å². The molecule has 0 spiro atoms. The largest absolute Gasteiger partial charge is 0.339 e. The molecule has 1 saturated heterocycles. The zero-order valence-electron chi connectivity index (χ0n) is 20.0. The van der Waals surface area contributed by atoms with Gasteiger partial charge < -0.3 is 19.6 Å². The summed E-state index contributed by atoms with van der Waals surface area (Å²) in [6.07, 6.45) is 0. The Morgan fingerprint density at radius 3 is 2.44 bits per heavy atom. The Hall–Kier alpha value is -3.75. The van der Waals surface area contributed by atoms with E-state index in [-0.39, 0.29) is 17.9 Å². The average Bonchev–Trinajstić information content (AvgIpc) is 3.19. The van der Waals surface area contributed by atoms with Gasteiger partial charge in [0.15, 0.2) is 0 Å². The molecule has 3 aromatic rings. The molecule has 2 aliphatic rings. The average molecular weight is 460 g/mol. The highest BCUT2D eigenvalue weighted by molar-refractivity contribution is 5.98. The van der Waals surface area contributed by atoms with Gasteiger partial charge in [0.05, 0.1) is 12.1 Å². The van der Waals surface area contributed by atoms with Crippen molar-refractivity contribution in [2.45, 2.75) is 33.4 Å². The van der Waals surface area contributed by atoms with Gasteiger partial charge in [-0.25, -0.2) is 9.97 Å². The van der Waals surface area contributed by atoms with Crippen LogP contribution in [0.2, 0.25) is 0 Å². The van der Waals surface area contributed by atoms with E-state index in [2.05, 4.69) is 4.90 Å². The summed E-state index contributed by atoms with van der Waals surface area (Å²) in [6.45, 7) is 8.54. The standard InChI is InChI=1S/C25H29N7O2/c1-16(2)32-15-19-22(24(32)34)27-25(31-13-11-30(12-14-31)17(3)33)28-23(19)29(4)21-10-9-18-7-5-6-8-20(18)26-21/h5-10,16H,11-15H2,1-4H3. The molecule has 0 aliphatic carbocycles. The van der Waals surface area contributed by atoms with Gasteiger partial charge in [0, 0.05) is 57.1 Å². The number of piperazine rings is 1. The lowest BCUT2D eigenvalue weighted by Gasteiger charge is -2.34. The molecule has 0 saturated carbocycles. The highest BCUT2D eigenvalue weighted by Crippen LogP contribution is 2.35. The number of hydrogen-bond donors (Lipinski definition) is 0. The fraction of sp³-hybridized carbons (Fsp3) is 0.400. The summed E-state index contributed by atoms with van der Waals surface area (Å²) in [5, 5.41) is 1.07. The number of amides is 2. The van der Waals surface area contributed by atoms with Gasteiger partial charge in [-0.1, -0.05) is 18.2 Å². The number of fused-ring (bicyclic) bond motifs is 2. The minimum atomic E-state index is -0.0721. The summed E-state index contributed by atoms with van der Waals surface area (Å²) in [4.78, 5) is 47.1. The number of carbonyl (C=O) groups is 2. The van der Waals surface area contributed by atoms with Crippen LogP contribution in [0, 0.1) is 0 Å². The molecule has 1 fully saturated rings. The van der Waals surface area contributed by atoms with Gasteiger partial charge >= 0.3 is 0 Å². The Balaban J connectivity index is 1.56. The van der Waals surface area contributed by atoms with Crippen LogP contribution in [0.5, 0.6) is 0 Å². The van der Waals surface area contributed by atoms with Gasteiger partial charge in [-0.05, 0) is 32.0 Å². The van der Waals surface area contributed by atoms with E-state index in [0.29, 0.717) is 50.2 Å². The summed E-state index contributed by atoms with van der Waals surface area (Å²) >= 11 is 0. The van der Waals surface area contributed by atoms with Crippen LogP contribution in [0.25, 0.3) is 10.9 Å². The van der Waals surface area contributed by atoms with Crippen molar-refractivity contribution in [3.63, 3.8) is 0 Å². The van der Waals surface area contributed by atoms with E-state index >= 15 is 0 Å². The molecule has 0 atom stereocenters. The Morgan fingerprint density at radius 2 is 1.74 bits per heavy atom. The van der Waals surface area contributed by atoms with Crippen molar-refractivity contribution >= 4 is 40.3 Å². The first kappa shape index (κ1) is 22.1. The zero-order valence-corrected chi connectivity index (χ0v) is 20.0. The number of aromatic nitrogens is 3. The molecule has 9 nitrogen and oxygen atoms in total. The van der Waals surface area contributed by atoms with Crippen LogP contribution < -0.4 is 9.80 Å². The molecule has 176 valence electrons. The first-order valence-corrected chi connectivity index (χ1v) is 11.7. The van der Waals surface area contributed by atoms with E-state index in [1.165, 1.54) is 0 Å². The van der Waals surface area contributed by atoms with E-state index < -0.39 is 0 Å². The number of anilines is 3. The summed E-state index contributed by atoms with van der Waals surface area (Å²) in [5.41, 5.74) is 2.18. The SMILES string of the molecule is CC(=O)N1CCN(c2nc3c(c(N(C)c4ccc5ccccc5n4)n2)CN(C(C)C)C3=O)CC1. The lowest BCUT2D eigenvalue weighted by atomic mass is 10.2. The predicted octanol–water partition coefficient (Wildman–Crippen LogP) is 2.83. The van der Waals surface area contributed by atoms with Crippen molar-refractivity contribution in [3.8, 4) is 0 Å². The molecular weight excluding hydrogens is 430 g/mol. The Bertz CT molecular complexity index is 1270. The number of pyridine rings is 1. The second kappa shape index (κ2) is 8.55. The van der Waals surface area contributed by atoms with Crippen molar-refractivity contribution in [1.29, 1.82) is 0 Å². The lowest BCUT2D eigenvalue weighted by Crippen LogP contribution is -2.48. The maximum absolute atomic E-state index is 13.2. The molecule has 34 heavy (non-hydrogen) atoms. The number of nitrogens with zero attached hydrogens (tertiary/aromatic N) is 7. The second-order valence-corrected chi connectivity index (χ2v) is 9.12. The highest BCUT2D eigenvalue weighted by Gasteiger charge is 2.36. The van der Waals surface area contributed by atoms with Gasteiger partial charge in [-0.2, -0.15) is 4.98 Å². The summed E-state index contributed by atoms with van der Waals surface area (Å²) in [6, 6.07) is 12.1. The minimum Gasteiger partial charge on any atom is -0.339 e. The fourth-order valence-electron chi connectivity index (χ4n) is 4.57. The number of rotatable bonds is 4. The normalized spacial score (nSPS) is 15.9. The van der Waals surface area contributed by atoms with Crippen molar-refractivity contribution < 1.29 is 9.59 Å². The molecule has 0 unspecified atom stereocenters. The molecule has 9 heteroatoms. The van der Waals surface area contributed by atoms with Crippen LogP contribution in [0.4, 0.5) is 17.6 Å². The highest BCUT2D eigenvalue weighted by atomic mass is 16.2. The molecule has 2 amide bonds. The van der Waals surface area contributed by atoms with Gasteiger partial charge in [-0.3, -0.25) is 9.59 Å². The van der Waals surface area contributed by atoms with E-state index in [9.17, 15) is 9.59 Å². The summed E-state index contributed by atoms with van der Waals surface area (Å²) in [7, 11) is 1.93. The van der Waals surface area contributed by atoms with E-state index in [1.807, 2.05) is 72.0 Å². The van der Waals surface area contributed by atoms with Gasteiger partial charge in [0.25, 0.3) is 5.91 Å². The van der Waals surface area contributed by atoms with Crippen molar-refractivity contribution in [1.82, 2.24) is 24.8 Å². The van der Waals surface area contributed by atoms with Crippen molar-refractivity contribution in [2.75, 3.05) is 43.0 Å². The van der Waals surface area contributed by atoms with Gasteiger partial charge in [-0.15, -0.1) is 0 Å². The summed E-state index contributed by atoms with van der Waals surface area (Å²) < 4.78 is 0. The molecular formula is C25H29N7O2. The number of carbonyl (C=O) groups excluding carboxylic acids is 2. The zero-order chi connectivity index (χ0) is 24.0. The Kier molecular flexibility index (Phi) is 5.55. The third-order valence-electron chi connectivity index (χ3n) is 6.64. The van der Waals surface area contributed by atoms with E-state index in [0.717, 1.165) is 22.3 Å². The van der Waals surface area contributed by atoms with Crippen molar-refractivity contribution in [2.24, 2.45) is 0 Å². The Labute approximate surface area is 199 Å². The summed E-state index contributed by atoms with van der Waals surface area (Å²) in [5.74, 6) is 1.96. The molecule has 5 rings (SSSR count). The quantitative estimate of drug-likeness (QED) is 0.593. The number of benzene rings is 1. The lowest BCUT2D eigenvalue weighted by molar-refractivity contribution is -0.129. The van der Waals surface area contributed by atoms with Gasteiger partial charge in [0.1, 0.15) is 17.3 Å². The molecule has 0 radical (unpaired) electrons. The van der Waals surface area contributed by atoms with E-state index in [4.69, 9.17) is 15.0 Å². The molecule has 2 aliphatic heterocycles. The van der Waals surface area contributed by atoms with Crippen LogP contribution in [0.15, 0.2) is 36.4 Å². The van der Waals surface area contributed by atoms with Crippen LogP contribution in [0.3, 0.4) is 0 Å². The third kappa shape index (κ3) is 3.81. The maximum Gasteiger partial charge on any atom is 0.273 e. The monoisotopic (exact) mass is 459 g/mol. The molecule has 4 heterocycles. The first-order chi connectivity index (χ1) is 16.3. The number of para-hydroxylation sites is 1. The maximum atomic E-state index is 13.2. The van der Waals surface area contributed by atoms with Crippen LogP contribution in [0.1, 0.15) is 36.8 Å². The van der Waals surface area contributed by atoms with Crippen LogP contribution in [-0.2, 0) is 11.3 Å². The first-order valence-electron chi connectivity index (χ1n) is 11.7. The van der Waals surface area contributed by atoms with Crippen LogP contribution >= 0.6 is 0 Å². The smallest absolute Gasteiger partial charge is 0.273 e. The topological polar surface area (TPSA) is 85.8 Å². The number of hydrogen-bond acceptors (Lipinski definition) is 7. The second-order valence-electron chi connectivity index (χ2n) is 9.12. The molecule has 0 bridgehead atoms. The third-order valence-corrected chi connectivity index (χ3v) is 6.64. The van der Waals surface area contributed by atoms with Gasteiger partial charge in [0.2, 0.25) is 11.9 Å². The van der Waals surface area contributed by atoms with Crippen LogP contribution in [-0.4, -0.2) is 75.8 Å². The van der Waals surface area contributed by atoms with E-state index in [1.54, 1.807) is 6.92 Å². The molecule has 0 N–H and O–H groups in total. The predicted molar refractivity (Wildman–Crippen MR) is 131 cm³/mol. The molecule has 2 aromatic heterocycles. The molecule has 1 aromatic carbocycles.